The summed E-state index contributed by atoms with van der Waals surface area (Å²) in [6.45, 7) is 2.03. The van der Waals surface area contributed by atoms with Gasteiger partial charge in [-0.3, -0.25) is 4.79 Å². The predicted molar refractivity (Wildman–Crippen MR) is 77.6 cm³/mol. The Morgan fingerprint density at radius 2 is 2.00 bits per heavy atom. The number of ketones is 1. The average Bonchev–Trinajstić information content (AvgIpc) is 2.44. The number of allylic oxidation sites excluding steroid dienone is 1. The molecule has 0 unspecified atom stereocenters. The van der Waals surface area contributed by atoms with Gasteiger partial charge < -0.3 is 5.32 Å². The fourth-order valence-corrected chi connectivity index (χ4v) is 2.00. The molecule has 5 heteroatoms. The Hall–Kier alpha value is -1.78. The van der Waals surface area contributed by atoms with E-state index >= 15 is 0 Å². The van der Waals surface area contributed by atoms with Crippen LogP contribution < -0.4 is 5.32 Å². The normalized spacial score (nSPS) is 12.3. The topological polar surface area (TPSA) is 29.1 Å². The van der Waals surface area contributed by atoms with E-state index in [1.165, 1.54) is 18.3 Å². The minimum Gasteiger partial charge on any atom is -0.393 e. The summed E-state index contributed by atoms with van der Waals surface area (Å²) in [5.74, 6) is -0.142. The van der Waals surface area contributed by atoms with E-state index in [1.807, 2.05) is 6.92 Å². The van der Waals surface area contributed by atoms with Crippen molar-refractivity contribution in [3.8, 4) is 0 Å². The Bertz CT molecular complexity index is 506. The van der Waals surface area contributed by atoms with Gasteiger partial charge in [-0.25, -0.2) is 0 Å². The van der Waals surface area contributed by atoms with Crippen molar-refractivity contribution in [3.63, 3.8) is 0 Å². The van der Waals surface area contributed by atoms with Crippen molar-refractivity contribution in [1.82, 2.24) is 5.32 Å². The van der Waals surface area contributed by atoms with Gasteiger partial charge >= 0.3 is 6.18 Å². The van der Waals surface area contributed by atoms with E-state index in [4.69, 9.17) is 0 Å². The van der Waals surface area contributed by atoms with Crippen LogP contribution in [-0.4, -0.2) is 12.8 Å². The Labute approximate surface area is 123 Å². The number of carbonyl (C=O) groups excluding carboxylic acids is 1. The lowest BCUT2D eigenvalue weighted by molar-refractivity contribution is -0.137. The second-order valence-electron chi connectivity index (χ2n) is 4.81. The number of rotatable bonds is 7. The summed E-state index contributed by atoms with van der Waals surface area (Å²) in [5.41, 5.74) is -0.163. The first-order valence-electron chi connectivity index (χ1n) is 6.98. The molecule has 1 rings (SSSR count). The second-order valence-corrected chi connectivity index (χ2v) is 4.81. The largest absolute Gasteiger partial charge is 0.416 e. The molecule has 0 atom stereocenters. The zero-order chi connectivity index (χ0) is 15.9. The van der Waals surface area contributed by atoms with Crippen LogP contribution in [0.2, 0.25) is 0 Å². The van der Waals surface area contributed by atoms with Gasteiger partial charge in [0.05, 0.1) is 5.56 Å². The second kappa shape index (κ2) is 7.86. The Morgan fingerprint density at radius 3 is 2.57 bits per heavy atom. The lowest BCUT2D eigenvalue weighted by atomic mass is 9.97. The molecular weight excluding hydrogens is 279 g/mol. The van der Waals surface area contributed by atoms with E-state index in [2.05, 4.69) is 5.32 Å². The summed E-state index contributed by atoms with van der Waals surface area (Å²) in [4.78, 5) is 12.2. The van der Waals surface area contributed by atoms with Gasteiger partial charge in [0.15, 0.2) is 5.78 Å². The molecule has 1 aromatic carbocycles. The summed E-state index contributed by atoms with van der Waals surface area (Å²) in [5, 5.41) is 2.73. The molecule has 0 spiro atoms. The molecule has 1 N–H and O–H groups in total. The van der Waals surface area contributed by atoms with Gasteiger partial charge in [-0.05, 0) is 24.1 Å². The zero-order valence-electron chi connectivity index (χ0n) is 12.3. The molecule has 0 aromatic heterocycles. The van der Waals surface area contributed by atoms with Crippen molar-refractivity contribution in [1.29, 1.82) is 0 Å². The van der Waals surface area contributed by atoms with Gasteiger partial charge in [0, 0.05) is 25.2 Å². The maximum Gasteiger partial charge on any atom is 0.416 e. The minimum atomic E-state index is -4.41. The lowest BCUT2D eigenvalue weighted by Gasteiger charge is -2.11. The number of hydrogen-bond donors (Lipinski definition) is 1. The number of unbranched alkanes of at least 4 members (excludes halogenated alkanes) is 2. The molecule has 0 saturated heterocycles. The van der Waals surface area contributed by atoms with E-state index in [0.29, 0.717) is 17.6 Å². The van der Waals surface area contributed by atoms with Gasteiger partial charge in [-0.1, -0.05) is 31.9 Å². The predicted octanol–water partition coefficient (Wildman–Crippen LogP) is 4.42. The maximum atomic E-state index is 12.7. The quantitative estimate of drug-likeness (QED) is 0.596. The average molecular weight is 299 g/mol. The van der Waals surface area contributed by atoms with Gasteiger partial charge in [0.2, 0.25) is 0 Å². The van der Waals surface area contributed by atoms with Crippen molar-refractivity contribution in [2.75, 3.05) is 7.05 Å². The third kappa shape index (κ3) is 5.25. The molecule has 0 saturated carbocycles. The number of Topliss-reactive ketones (excluding diaryl/α,β-unsaturated/α-hetero) is 1. The summed E-state index contributed by atoms with van der Waals surface area (Å²) >= 11 is 0. The maximum absolute atomic E-state index is 12.7. The smallest absolute Gasteiger partial charge is 0.393 e. The van der Waals surface area contributed by atoms with E-state index in [1.54, 1.807) is 7.05 Å². The number of halogens is 3. The van der Waals surface area contributed by atoms with Gasteiger partial charge in [0.25, 0.3) is 0 Å². The Kier molecular flexibility index (Phi) is 6.46. The van der Waals surface area contributed by atoms with Crippen molar-refractivity contribution >= 4 is 11.4 Å². The number of carbonyl (C=O) groups is 1. The third-order valence-corrected chi connectivity index (χ3v) is 3.10. The number of hydrogen-bond acceptors (Lipinski definition) is 2. The van der Waals surface area contributed by atoms with Crippen LogP contribution in [0.25, 0.3) is 5.57 Å². The molecule has 0 heterocycles. The summed E-state index contributed by atoms with van der Waals surface area (Å²) in [6.07, 6.45) is 0.0613. The van der Waals surface area contributed by atoms with Gasteiger partial charge in [-0.15, -0.1) is 0 Å². The SMILES string of the molecule is CCCCCC(=O)C(=CNC)c1cccc(C(F)(F)F)c1. The fourth-order valence-electron chi connectivity index (χ4n) is 2.00. The van der Waals surface area contributed by atoms with Gasteiger partial charge in [-0.2, -0.15) is 13.2 Å². The van der Waals surface area contributed by atoms with Crippen molar-refractivity contribution in [3.05, 3.63) is 41.6 Å². The summed E-state index contributed by atoms with van der Waals surface area (Å²) in [7, 11) is 1.62. The number of alkyl halides is 3. The molecule has 1 aromatic rings. The molecule has 0 radical (unpaired) electrons. The van der Waals surface area contributed by atoms with Crippen LogP contribution in [0, 0.1) is 0 Å². The molecule has 0 amide bonds. The van der Waals surface area contributed by atoms with Gasteiger partial charge in [0.1, 0.15) is 0 Å². The molecule has 0 aliphatic rings. The van der Waals surface area contributed by atoms with Crippen molar-refractivity contribution in [2.45, 2.75) is 38.8 Å². The zero-order valence-corrected chi connectivity index (χ0v) is 12.3. The third-order valence-electron chi connectivity index (χ3n) is 3.10. The highest BCUT2D eigenvalue weighted by Crippen LogP contribution is 2.31. The minimum absolute atomic E-state index is 0.142. The molecule has 116 valence electrons. The molecule has 0 aliphatic heterocycles. The standard InChI is InChI=1S/C16H20F3NO/c1-3-4-5-9-15(21)14(11-20-2)12-7-6-8-13(10-12)16(17,18)19/h6-8,10-11,20H,3-5,9H2,1-2H3. The Morgan fingerprint density at radius 1 is 1.29 bits per heavy atom. The Balaban J connectivity index is 3.01. The van der Waals surface area contributed by atoms with Crippen molar-refractivity contribution < 1.29 is 18.0 Å². The van der Waals surface area contributed by atoms with Crippen LogP contribution in [0.4, 0.5) is 13.2 Å². The van der Waals surface area contributed by atoms with Crippen LogP contribution in [0.1, 0.15) is 43.7 Å². The molecular formula is C16H20F3NO. The van der Waals surface area contributed by atoms with E-state index < -0.39 is 11.7 Å². The molecule has 2 nitrogen and oxygen atoms in total. The first-order valence-corrected chi connectivity index (χ1v) is 6.98. The highest BCUT2D eigenvalue weighted by molar-refractivity contribution is 6.20. The van der Waals surface area contributed by atoms with Crippen LogP contribution in [0.5, 0.6) is 0 Å². The molecule has 21 heavy (non-hydrogen) atoms. The summed E-state index contributed by atoms with van der Waals surface area (Å²) in [6, 6.07) is 4.86. The molecule has 0 aliphatic carbocycles. The number of benzene rings is 1. The lowest BCUT2D eigenvalue weighted by Crippen LogP contribution is -2.09. The first kappa shape index (κ1) is 17.3. The van der Waals surface area contributed by atoms with Crippen LogP contribution in [-0.2, 0) is 11.0 Å². The fraction of sp³-hybridized carbons (Fsp3) is 0.438. The first-order chi connectivity index (χ1) is 9.90. The van der Waals surface area contributed by atoms with Crippen LogP contribution >= 0.6 is 0 Å². The van der Waals surface area contributed by atoms with Crippen LogP contribution in [0.3, 0.4) is 0 Å². The molecule has 0 fully saturated rings. The van der Waals surface area contributed by atoms with E-state index in [0.717, 1.165) is 31.4 Å². The van der Waals surface area contributed by atoms with E-state index in [-0.39, 0.29) is 5.78 Å². The highest BCUT2D eigenvalue weighted by atomic mass is 19.4. The number of nitrogens with one attached hydrogen (secondary N) is 1. The molecule has 0 bridgehead atoms. The monoisotopic (exact) mass is 299 g/mol. The summed E-state index contributed by atoms with van der Waals surface area (Å²) < 4.78 is 38.2. The van der Waals surface area contributed by atoms with E-state index in [9.17, 15) is 18.0 Å². The van der Waals surface area contributed by atoms with Crippen LogP contribution in [0.15, 0.2) is 30.5 Å². The van der Waals surface area contributed by atoms with Crippen molar-refractivity contribution in [2.24, 2.45) is 0 Å². The highest BCUT2D eigenvalue weighted by Gasteiger charge is 2.30.